The number of carbonyl (C=O) groups is 1. The number of likely N-dealkylation sites (N-methyl/N-ethyl adjacent to an activating group) is 1. The number of rotatable bonds is 10. The molecule has 1 atom stereocenters. The number of hydrogen-bond acceptors (Lipinski definition) is 6. The fourth-order valence-electron chi connectivity index (χ4n) is 3.56. The van der Waals surface area contributed by atoms with Crippen molar-refractivity contribution in [1.82, 2.24) is 14.9 Å². The number of benzene rings is 2. The van der Waals surface area contributed by atoms with Crippen LogP contribution in [0.2, 0.25) is 5.02 Å². The zero-order chi connectivity index (χ0) is 30.6. The molecule has 1 unspecified atom stereocenters. The summed E-state index contributed by atoms with van der Waals surface area (Å²) in [6.07, 6.45) is -9.14. The number of hydrogen-bond donors (Lipinski definition) is 1. The van der Waals surface area contributed by atoms with Crippen molar-refractivity contribution in [1.29, 1.82) is 0 Å². The van der Waals surface area contributed by atoms with E-state index >= 15 is 0 Å². The lowest BCUT2D eigenvalue weighted by Gasteiger charge is -2.29. The van der Waals surface area contributed by atoms with Gasteiger partial charge in [-0.2, -0.15) is 31.3 Å². The third-order valence-electron chi connectivity index (χ3n) is 6.23. The maximum atomic E-state index is 13.5. The monoisotopic (exact) mass is 604 g/mol. The normalized spacial score (nSPS) is 13.6. The summed E-state index contributed by atoms with van der Waals surface area (Å²) in [7, 11) is 3.67. The topological polar surface area (TPSA) is 76.6 Å². The first-order chi connectivity index (χ1) is 19.0. The van der Waals surface area contributed by atoms with E-state index in [0.29, 0.717) is 18.7 Å². The van der Waals surface area contributed by atoms with Crippen molar-refractivity contribution in [2.75, 3.05) is 32.6 Å². The molecule has 3 aromatic rings. The molecule has 2 aromatic carbocycles. The summed E-state index contributed by atoms with van der Waals surface area (Å²) in [5, 5.41) is 2.71. The molecule has 0 saturated heterocycles. The maximum Gasteiger partial charge on any atom is 0.416 e. The van der Waals surface area contributed by atoms with E-state index in [1.807, 2.05) is 19.0 Å². The molecule has 0 radical (unpaired) electrons. The molecule has 1 aromatic heterocycles. The van der Waals surface area contributed by atoms with Crippen LogP contribution in [0.25, 0.3) is 0 Å². The number of amides is 1. The lowest BCUT2D eigenvalue weighted by atomic mass is 9.77. The number of halogens is 7. The van der Waals surface area contributed by atoms with Gasteiger partial charge in [0, 0.05) is 6.54 Å². The molecule has 1 heterocycles. The summed E-state index contributed by atoms with van der Waals surface area (Å²) >= 11 is 6.19. The van der Waals surface area contributed by atoms with E-state index in [-0.39, 0.29) is 47.4 Å². The van der Waals surface area contributed by atoms with Gasteiger partial charge in [-0.1, -0.05) is 30.7 Å². The van der Waals surface area contributed by atoms with Crippen LogP contribution >= 0.6 is 11.6 Å². The Labute approximate surface area is 237 Å². The minimum absolute atomic E-state index is 0.00982. The first-order valence-electron chi connectivity index (χ1n) is 12.2. The number of aromatic nitrogens is 2. The highest BCUT2D eigenvalue weighted by Gasteiger charge is 2.41. The summed E-state index contributed by atoms with van der Waals surface area (Å²) in [6.45, 7) is 3.46. The van der Waals surface area contributed by atoms with Crippen molar-refractivity contribution >= 4 is 23.2 Å². The molecule has 0 fully saturated rings. The second-order valence-corrected chi connectivity index (χ2v) is 9.90. The van der Waals surface area contributed by atoms with Gasteiger partial charge in [-0.05, 0) is 63.3 Å². The molecule has 3 rings (SSSR count). The smallest absolute Gasteiger partial charge is 0.416 e. The van der Waals surface area contributed by atoms with Crippen molar-refractivity contribution in [2.45, 2.75) is 38.0 Å². The number of ether oxygens (including phenoxy) is 2. The van der Waals surface area contributed by atoms with Crippen molar-refractivity contribution in [3.63, 3.8) is 0 Å². The average Bonchev–Trinajstić information content (AvgIpc) is 2.89. The Morgan fingerprint density at radius 3 is 2.12 bits per heavy atom. The van der Waals surface area contributed by atoms with Gasteiger partial charge in [-0.3, -0.25) is 4.79 Å². The lowest BCUT2D eigenvalue weighted by molar-refractivity contribution is -0.143. The van der Waals surface area contributed by atoms with Crippen molar-refractivity contribution in [3.05, 3.63) is 70.4 Å². The van der Waals surface area contributed by atoms with Crippen LogP contribution in [-0.2, 0) is 22.6 Å². The van der Waals surface area contributed by atoms with E-state index < -0.39 is 40.4 Å². The number of anilines is 1. The Balaban J connectivity index is 2.03. The van der Waals surface area contributed by atoms with Gasteiger partial charge in [-0.25, -0.2) is 4.98 Å². The highest BCUT2D eigenvalue weighted by atomic mass is 35.5. The third-order valence-corrected chi connectivity index (χ3v) is 6.54. The maximum absolute atomic E-state index is 13.5. The second-order valence-electron chi connectivity index (χ2n) is 9.49. The first kappa shape index (κ1) is 31.9. The van der Waals surface area contributed by atoms with Crippen LogP contribution in [-0.4, -0.2) is 48.0 Å². The Bertz CT molecular complexity index is 1350. The van der Waals surface area contributed by atoms with E-state index in [4.69, 9.17) is 21.1 Å². The average molecular weight is 605 g/mol. The summed E-state index contributed by atoms with van der Waals surface area (Å²) in [6, 6.07) is 7.36. The van der Waals surface area contributed by atoms with Gasteiger partial charge in [-0.15, -0.1) is 0 Å². The number of nitrogens with one attached hydrogen (secondary N) is 1. The van der Waals surface area contributed by atoms with E-state index in [0.717, 1.165) is 6.20 Å². The molecule has 7 nitrogen and oxygen atoms in total. The largest absolute Gasteiger partial charge is 0.462 e. The van der Waals surface area contributed by atoms with Crippen LogP contribution in [0.15, 0.2) is 48.7 Å². The highest BCUT2D eigenvalue weighted by Crippen LogP contribution is 2.41. The first-order valence-corrected chi connectivity index (χ1v) is 12.6. The lowest BCUT2D eigenvalue weighted by Crippen LogP contribution is -2.38. The van der Waals surface area contributed by atoms with Crippen LogP contribution in [0.1, 0.15) is 37.0 Å². The number of nitrogens with zero attached hydrogens (tertiary/aromatic N) is 3. The van der Waals surface area contributed by atoms with Crippen molar-refractivity contribution < 1.29 is 40.6 Å². The molecule has 1 N–H and O–H groups in total. The van der Waals surface area contributed by atoms with E-state index in [1.54, 1.807) is 18.2 Å². The molecule has 0 spiro atoms. The standard InChI is InChI=1S/C27H27ClF6N4O3/c1-5-25(2,16-12-17(26(29,30)31)14-18(13-16)27(32,33)34)23(39)36-20-15-35-24(40-11-10-38(3)4)37-22(20)41-21-9-7-6-8-19(21)28/h6-9,12-15H,5,10-11H2,1-4H3,(H,36,39). The van der Waals surface area contributed by atoms with E-state index in [1.165, 1.54) is 19.9 Å². The van der Waals surface area contributed by atoms with Crippen LogP contribution in [0.3, 0.4) is 0 Å². The Morgan fingerprint density at radius 2 is 1.59 bits per heavy atom. The molecule has 0 aliphatic rings. The van der Waals surface area contributed by atoms with Crippen LogP contribution in [0.4, 0.5) is 32.0 Å². The molecule has 0 aliphatic heterocycles. The molecule has 222 valence electrons. The number of alkyl halides is 6. The van der Waals surface area contributed by atoms with Crippen molar-refractivity contribution in [2.24, 2.45) is 0 Å². The number of para-hydroxylation sites is 1. The Kier molecular flexibility index (Phi) is 9.75. The molecule has 41 heavy (non-hydrogen) atoms. The molecule has 14 heteroatoms. The van der Waals surface area contributed by atoms with Gasteiger partial charge < -0.3 is 19.7 Å². The molecule has 0 aliphatic carbocycles. The van der Waals surface area contributed by atoms with E-state index in [9.17, 15) is 31.1 Å². The van der Waals surface area contributed by atoms with Crippen molar-refractivity contribution in [3.8, 4) is 17.6 Å². The van der Waals surface area contributed by atoms with Gasteiger partial charge >= 0.3 is 18.4 Å². The second kappa shape index (κ2) is 12.5. The minimum atomic E-state index is -5.08. The zero-order valence-electron chi connectivity index (χ0n) is 22.5. The third kappa shape index (κ3) is 8.00. The Hall–Kier alpha value is -3.58. The van der Waals surface area contributed by atoms with Gasteiger partial charge in [0.25, 0.3) is 0 Å². The summed E-state index contributed by atoms with van der Waals surface area (Å²) in [4.78, 5) is 23.6. The quantitative estimate of drug-likeness (QED) is 0.247. The fraction of sp³-hybridized carbons (Fsp3) is 0.370. The van der Waals surface area contributed by atoms with E-state index in [2.05, 4.69) is 15.3 Å². The van der Waals surface area contributed by atoms with Gasteiger partial charge in [0.2, 0.25) is 11.8 Å². The van der Waals surface area contributed by atoms with Crippen LogP contribution in [0.5, 0.6) is 17.6 Å². The Morgan fingerprint density at radius 1 is 1.00 bits per heavy atom. The van der Waals surface area contributed by atoms with Crippen LogP contribution in [0, 0.1) is 0 Å². The molecular weight excluding hydrogens is 578 g/mol. The van der Waals surface area contributed by atoms with Gasteiger partial charge in [0.15, 0.2) is 0 Å². The summed E-state index contributed by atoms with van der Waals surface area (Å²) < 4.78 is 92.4. The molecule has 0 saturated carbocycles. The van der Waals surface area contributed by atoms with Gasteiger partial charge in [0.1, 0.15) is 18.0 Å². The fourth-order valence-corrected chi connectivity index (χ4v) is 3.74. The zero-order valence-corrected chi connectivity index (χ0v) is 23.2. The summed E-state index contributed by atoms with van der Waals surface area (Å²) in [5.41, 5.74) is -5.47. The predicted octanol–water partition coefficient (Wildman–Crippen LogP) is 7.21. The number of carbonyl (C=O) groups excluding carboxylic acids is 1. The molecule has 1 amide bonds. The molecule has 0 bridgehead atoms. The summed E-state index contributed by atoms with van der Waals surface area (Å²) in [5.74, 6) is -0.963. The highest BCUT2D eigenvalue weighted by molar-refractivity contribution is 6.32. The minimum Gasteiger partial charge on any atom is -0.462 e. The predicted molar refractivity (Wildman–Crippen MR) is 140 cm³/mol. The molecular formula is C27H27ClF6N4O3. The van der Waals surface area contributed by atoms with Gasteiger partial charge in [0.05, 0.1) is 27.8 Å². The van der Waals surface area contributed by atoms with Crippen LogP contribution < -0.4 is 14.8 Å². The SMILES string of the molecule is CCC(C)(C(=O)Nc1cnc(OCCN(C)C)nc1Oc1ccccc1Cl)c1cc(C(F)(F)F)cc(C(F)(F)F)c1.